The molecule has 0 aliphatic carbocycles. The average molecular weight is 261 g/mol. The second kappa shape index (κ2) is 4.55. The van der Waals surface area contributed by atoms with Gasteiger partial charge in [0.25, 0.3) is 5.91 Å². The molecule has 3 rings (SSSR count). The van der Waals surface area contributed by atoms with E-state index < -0.39 is 12.0 Å². The molecule has 1 aromatic carbocycles. The smallest absolute Gasteiger partial charge is 0.257 e. The highest BCUT2D eigenvalue weighted by atomic mass is 16.3. The molecule has 3 N–H and O–H groups in total. The topological polar surface area (TPSA) is 81.7 Å². The second-order valence-corrected chi connectivity index (χ2v) is 4.79. The number of amides is 2. The van der Waals surface area contributed by atoms with Gasteiger partial charge in [0.15, 0.2) is 6.10 Å². The van der Waals surface area contributed by atoms with Crippen LogP contribution in [0.25, 0.3) is 0 Å². The van der Waals surface area contributed by atoms with Crippen molar-refractivity contribution in [2.24, 2.45) is 0 Å². The minimum absolute atomic E-state index is 0.00192. The van der Waals surface area contributed by atoms with Gasteiger partial charge in [-0.2, -0.15) is 0 Å². The molecular formula is C13H15N3O3. The molecule has 2 heterocycles. The molecule has 1 fully saturated rings. The van der Waals surface area contributed by atoms with Crippen molar-refractivity contribution in [2.75, 3.05) is 29.9 Å². The number of nitrogens with one attached hydrogen (secondary N) is 2. The third-order valence-corrected chi connectivity index (χ3v) is 3.46. The summed E-state index contributed by atoms with van der Waals surface area (Å²) in [6.07, 6.45) is -0.200. The molecule has 2 aliphatic heterocycles. The maximum absolute atomic E-state index is 11.5. The van der Waals surface area contributed by atoms with Crippen molar-refractivity contribution in [1.82, 2.24) is 5.32 Å². The van der Waals surface area contributed by atoms with Crippen LogP contribution in [0.2, 0.25) is 0 Å². The van der Waals surface area contributed by atoms with Gasteiger partial charge in [-0.25, -0.2) is 0 Å². The molecular weight excluding hydrogens is 246 g/mol. The molecule has 1 unspecified atom stereocenters. The maximum atomic E-state index is 11.5. The first-order valence-electron chi connectivity index (χ1n) is 6.30. The van der Waals surface area contributed by atoms with Crippen LogP contribution in [-0.4, -0.2) is 36.6 Å². The van der Waals surface area contributed by atoms with Crippen molar-refractivity contribution in [3.8, 4) is 0 Å². The number of fused-ring (bicyclic) bond motifs is 1. The normalized spacial score (nSPS) is 22.6. The molecule has 0 aromatic heterocycles. The second-order valence-electron chi connectivity index (χ2n) is 4.79. The lowest BCUT2D eigenvalue weighted by atomic mass is 10.1. The fraction of sp³-hybridized carbons (Fsp3) is 0.385. The molecule has 6 heteroatoms. The molecule has 1 saturated heterocycles. The lowest BCUT2D eigenvalue weighted by Crippen LogP contribution is -2.33. The van der Waals surface area contributed by atoms with Crippen LogP contribution in [0.5, 0.6) is 0 Å². The summed E-state index contributed by atoms with van der Waals surface area (Å²) >= 11 is 0. The van der Waals surface area contributed by atoms with Gasteiger partial charge < -0.3 is 20.6 Å². The fourth-order valence-electron chi connectivity index (χ4n) is 2.46. The van der Waals surface area contributed by atoms with Gasteiger partial charge in [-0.05, 0) is 18.6 Å². The summed E-state index contributed by atoms with van der Waals surface area (Å²) in [5.74, 6) is -0.400. The highest BCUT2D eigenvalue weighted by Crippen LogP contribution is 2.33. The van der Waals surface area contributed by atoms with Crippen molar-refractivity contribution >= 4 is 23.2 Å². The van der Waals surface area contributed by atoms with Gasteiger partial charge in [-0.15, -0.1) is 0 Å². The van der Waals surface area contributed by atoms with Gasteiger partial charge in [-0.1, -0.05) is 6.07 Å². The molecule has 2 amide bonds. The SMILES string of the molecule is O=C1CN(c2ccc3c(c2)NC(=O)C3O)CCCN1. The highest BCUT2D eigenvalue weighted by molar-refractivity contribution is 6.02. The molecule has 1 aromatic rings. The predicted octanol–water partition coefficient (Wildman–Crippen LogP) is -0.00160. The third kappa shape index (κ3) is 2.15. The number of hydrogen-bond acceptors (Lipinski definition) is 4. The zero-order chi connectivity index (χ0) is 13.4. The summed E-state index contributed by atoms with van der Waals surface area (Å²) in [6.45, 7) is 1.79. The Labute approximate surface area is 110 Å². The van der Waals surface area contributed by atoms with Crippen molar-refractivity contribution in [1.29, 1.82) is 0 Å². The minimum atomic E-state index is -1.09. The monoisotopic (exact) mass is 261 g/mol. The van der Waals surface area contributed by atoms with E-state index in [1.54, 1.807) is 6.07 Å². The summed E-state index contributed by atoms with van der Waals surface area (Å²) in [6, 6.07) is 5.37. The first-order valence-corrected chi connectivity index (χ1v) is 6.30. The van der Waals surface area contributed by atoms with E-state index in [-0.39, 0.29) is 5.91 Å². The molecule has 0 radical (unpaired) electrons. The number of hydrogen-bond donors (Lipinski definition) is 3. The molecule has 1 atom stereocenters. The van der Waals surface area contributed by atoms with E-state index in [1.165, 1.54) is 0 Å². The van der Waals surface area contributed by atoms with E-state index >= 15 is 0 Å². The minimum Gasteiger partial charge on any atom is -0.378 e. The first-order chi connectivity index (χ1) is 9.15. The summed E-state index contributed by atoms with van der Waals surface area (Å²) in [4.78, 5) is 24.9. The number of nitrogens with zero attached hydrogens (tertiary/aromatic N) is 1. The van der Waals surface area contributed by atoms with Crippen molar-refractivity contribution in [2.45, 2.75) is 12.5 Å². The van der Waals surface area contributed by atoms with Gasteiger partial charge in [0.05, 0.1) is 6.54 Å². The Morgan fingerprint density at radius 3 is 3.00 bits per heavy atom. The number of anilines is 2. The van der Waals surface area contributed by atoms with Crippen molar-refractivity contribution in [3.63, 3.8) is 0 Å². The molecule has 0 bridgehead atoms. The van der Waals surface area contributed by atoms with Crippen molar-refractivity contribution < 1.29 is 14.7 Å². The third-order valence-electron chi connectivity index (χ3n) is 3.46. The van der Waals surface area contributed by atoms with Gasteiger partial charge in [0.2, 0.25) is 5.91 Å². The van der Waals surface area contributed by atoms with Gasteiger partial charge in [0, 0.05) is 30.0 Å². The van der Waals surface area contributed by atoms with E-state index in [2.05, 4.69) is 10.6 Å². The first kappa shape index (κ1) is 12.0. The van der Waals surface area contributed by atoms with Crippen LogP contribution in [0.15, 0.2) is 18.2 Å². The van der Waals surface area contributed by atoms with E-state index in [4.69, 9.17) is 0 Å². The average Bonchev–Trinajstić information content (AvgIpc) is 2.57. The van der Waals surface area contributed by atoms with E-state index in [0.29, 0.717) is 24.3 Å². The Morgan fingerprint density at radius 1 is 1.32 bits per heavy atom. The Bertz CT molecular complexity index is 544. The van der Waals surface area contributed by atoms with Crippen LogP contribution in [0, 0.1) is 0 Å². The Morgan fingerprint density at radius 2 is 2.16 bits per heavy atom. The fourth-order valence-corrected chi connectivity index (χ4v) is 2.46. The number of benzene rings is 1. The Hall–Kier alpha value is -2.08. The van der Waals surface area contributed by atoms with Crippen LogP contribution in [0.1, 0.15) is 18.1 Å². The largest absolute Gasteiger partial charge is 0.378 e. The molecule has 100 valence electrons. The summed E-state index contributed by atoms with van der Waals surface area (Å²) in [7, 11) is 0. The highest BCUT2D eigenvalue weighted by Gasteiger charge is 2.29. The quantitative estimate of drug-likeness (QED) is 0.664. The lowest BCUT2D eigenvalue weighted by Gasteiger charge is -2.21. The van der Waals surface area contributed by atoms with E-state index in [9.17, 15) is 14.7 Å². The molecule has 6 nitrogen and oxygen atoms in total. The van der Waals surface area contributed by atoms with E-state index in [1.807, 2.05) is 17.0 Å². The van der Waals surface area contributed by atoms with Gasteiger partial charge in [0.1, 0.15) is 0 Å². The molecule has 0 spiro atoms. The molecule has 19 heavy (non-hydrogen) atoms. The number of rotatable bonds is 1. The Kier molecular flexibility index (Phi) is 2.87. The van der Waals surface area contributed by atoms with Gasteiger partial charge >= 0.3 is 0 Å². The maximum Gasteiger partial charge on any atom is 0.257 e. The molecule has 2 aliphatic rings. The van der Waals surface area contributed by atoms with Gasteiger partial charge in [-0.3, -0.25) is 9.59 Å². The summed E-state index contributed by atoms with van der Waals surface area (Å²) in [5, 5.41) is 15.1. The lowest BCUT2D eigenvalue weighted by molar-refractivity contribution is -0.123. The predicted molar refractivity (Wildman–Crippen MR) is 69.9 cm³/mol. The van der Waals surface area contributed by atoms with Crippen LogP contribution < -0.4 is 15.5 Å². The number of carbonyl (C=O) groups is 2. The summed E-state index contributed by atoms with van der Waals surface area (Å²) in [5.41, 5.74) is 2.10. The number of aliphatic hydroxyl groups is 1. The number of carbonyl (C=O) groups excluding carboxylic acids is 2. The Balaban J connectivity index is 1.88. The van der Waals surface area contributed by atoms with Crippen molar-refractivity contribution in [3.05, 3.63) is 23.8 Å². The van der Waals surface area contributed by atoms with E-state index in [0.717, 1.165) is 18.7 Å². The zero-order valence-corrected chi connectivity index (χ0v) is 10.3. The standard InChI is InChI=1S/C13H15N3O3/c17-11-7-16(5-1-4-14-11)8-2-3-9-10(6-8)15-13(19)12(9)18/h2-3,6,12,18H,1,4-5,7H2,(H,14,17)(H,15,19). The van der Waals surface area contributed by atoms with Crippen LogP contribution >= 0.6 is 0 Å². The molecule has 0 saturated carbocycles. The summed E-state index contributed by atoms with van der Waals surface area (Å²) < 4.78 is 0. The zero-order valence-electron chi connectivity index (χ0n) is 10.3. The van der Waals surface area contributed by atoms with Crippen LogP contribution in [0.4, 0.5) is 11.4 Å². The van der Waals surface area contributed by atoms with Crippen LogP contribution in [0.3, 0.4) is 0 Å². The van der Waals surface area contributed by atoms with Crippen LogP contribution in [-0.2, 0) is 9.59 Å². The number of aliphatic hydroxyl groups excluding tert-OH is 1.